The lowest BCUT2D eigenvalue weighted by atomic mass is 10.0. The van der Waals surface area contributed by atoms with E-state index in [2.05, 4.69) is 73.5 Å². The van der Waals surface area contributed by atoms with Crippen LogP contribution < -0.4 is 5.32 Å². The molecule has 0 aliphatic carbocycles. The lowest BCUT2D eigenvalue weighted by Gasteiger charge is -2.05. The third-order valence-corrected chi connectivity index (χ3v) is 3.18. The topological polar surface area (TPSA) is 40.7 Å². The highest BCUT2D eigenvalue weighted by Crippen LogP contribution is 2.21. The molecule has 0 bridgehead atoms. The summed E-state index contributed by atoms with van der Waals surface area (Å²) in [6, 6.07) is 10.8. The van der Waals surface area contributed by atoms with Crippen molar-refractivity contribution in [2.75, 3.05) is 11.9 Å². The normalized spacial score (nSPS) is 11.3. The van der Waals surface area contributed by atoms with E-state index in [0.717, 1.165) is 24.5 Å². The minimum Gasteiger partial charge on any atom is -0.368 e. The van der Waals surface area contributed by atoms with Gasteiger partial charge in [0.15, 0.2) is 0 Å². The molecular weight excluding hydrogens is 246 g/mol. The van der Waals surface area contributed by atoms with Gasteiger partial charge in [0.1, 0.15) is 5.82 Å². The van der Waals surface area contributed by atoms with Crippen LogP contribution in [0.2, 0.25) is 0 Å². The zero-order valence-corrected chi connectivity index (χ0v) is 12.9. The van der Waals surface area contributed by atoms with Crippen molar-refractivity contribution in [3.05, 3.63) is 35.9 Å². The lowest BCUT2D eigenvalue weighted by molar-refractivity contribution is 0.647. The van der Waals surface area contributed by atoms with Gasteiger partial charge in [-0.3, -0.25) is 5.10 Å². The number of rotatable bonds is 6. The number of hydrogen-bond acceptors (Lipinski definition) is 2. The minimum atomic E-state index is 0.616. The SMILES string of the molecule is CC(C)CNc1cc(-c2ccc(CC(C)C)cc2)[nH]n1. The summed E-state index contributed by atoms with van der Waals surface area (Å²) in [5.74, 6) is 2.23. The van der Waals surface area contributed by atoms with E-state index in [-0.39, 0.29) is 0 Å². The van der Waals surface area contributed by atoms with E-state index < -0.39 is 0 Å². The molecule has 0 fully saturated rings. The predicted octanol–water partition coefficient (Wildman–Crippen LogP) is 4.34. The molecule has 3 nitrogen and oxygen atoms in total. The Hall–Kier alpha value is -1.77. The first kappa shape index (κ1) is 14.6. The molecule has 3 heteroatoms. The summed E-state index contributed by atoms with van der Waals surface area (Å²) in [6.07, 6.45) is 1.13. The maximum atomic E-state index is 4.30. The Morgan fingerprint density at radius 2 is 1.75 bits per heavy atom. The second-order valence-electron chi connectivity index (χ2n) is 6.24. The number of aromatic amines is 1. The highest BCUT2D eigenvalue weighted by Gasteiger charge is 2.05. The molecule has 0 unspecified atom stereocenters. The van der Waals surface area contributed by atoms with Crippen molar-refractivity contribution in [3.8, 4) is 11.3 Å². The Balaban J connectivity index is 2.04. The molecule has 1 aromatic heterocycles. The van der Waals surface area contributed by atoms with E-state index >= 15 is 0 Å². The molecule has 0 aliphatic heterocycles. The first-order valence-corrected chi connectivity index (χ1v) is 7.43. The molecule has 108 valence electrons. The van der Waals surface area contributed by atoms with Crippen molar-refractivity contribution >= 4 is 5.82 Å². The van der Waals surface area contributed by atoms with Crippen LogP contribution in [0.4, 0.5) is 5.82 Å². The van der Waals surface area contributed by atoms with Crippen LogP contribution in [0, 0.1) is 11.8 Å². The quantitative estimate of drug-likeness (QED) is 0.820. The monoisotopic (exact) mass is 271 g/mol. The van der Waals surface area contributed by atoms with Gasteiger partial charge in [0.2, 0.25) is 0 Å². The fourth-order valence-electron chi connectivity index (χ4n) is 2.16. The van der Waals surface area contributed by atoms with E-state index in [1.54, 1.807) is 0 Å². The lowest BCUT2D eigenvalue weighted by Crippen LogP contribution is -2.07. The van der Waals surface area contributed by atoms with Crippen LogP contribution >= 0.6 is 0 Å². The Morgan fingerprint density at radius 1 is 1.05 bits per heavy atom. The fourth-order valence-corrected chi connectivity index (χ4v) is 2.16. The van der Waals surface area contributed by atoms with Gasteiger partial charge in [0.05, 0.1) is 5.69 Å². The Labute approximate surface area is 121 Å². The maximum Gasteiger partial charge on any atom is 0.148 e. The molecule has 2 rings (SSSR count). The summed E-state index contributed by atoms with van der Waals surface area (Å²) in [6.45, 7) is 9.81. The van der Waals surface area contributed by atoms with Crippen molar-refractivity contribution in [1.29, 1.82) is 0 Å². The van der Waals surface area contributed by atoms with Gasteiger partial charge in [-0.1, -0.05) is 52.0 Å². The highest BCUT2D eigenvalue weighted by molar-refractivity contribution is 5.63. The third kappa shape index (κ3) is 4.12. The smallest absolute Gasteiger partial charge is 0.148 e. The molecule has 0 amide bonds. The number of nitrogens with zero attached hydrogens (tertiary/aromatic N) is 1. The molecule has 1 heterocycles. The van der Waals surface area contributed by atoms with E-state index in [4.69, 9.17) is 0 Å². The number of aromatic nitrogens is 2. The Kier molecular flexibility index (Phi) is 4.83. The minimum absolute atomic E-state index is 0.616. The summed E-state index contributed by atoms with van der Waals surface area (Å²) >= 11 is 0. The van der Waals surface area contributed by atoms with Crippen LogP contribution in [-0.2, 0) is 6.42 Å². The molecule has 20 heavy (non-hydrogen) atoms. The third-order valence-electron chi connectivity index (χ3n) is 3.18. The van der Waals surface area contributed by atoms with Crippen molar-refractivity contribution in [2.45, 2.75) is 34.1 Å². The van der Waals surface area contributed by atoms with Crippen LogP contribution in [0.5, 0.6) is 0 Å². The average molecular weight is 271 g/mol. The van der Waals surface area contributed by atoms with Gasteiger partial charge in [-0.15, -0.1) is 0 Å². The van der Waals surface area contributed by atoms with Crippen LogP contribution in [0.25, 0.3) is 11.3 Å². The van der Waals surface area contributed by atoms with Gasteiger partial charge in [-0.25, -0.2) is 0 Å². The van der Waals surface area contributed by atoms with Crippen LogP contribution in [0.1, 0.15) is 33.3 Å². The van der Waals surface area contributed by atoms with E-state index in [0.29, 0.717) is 11.8 Å². The van der Waals surface area contributed by atoms with Crippen molar-refractivity contribution in [3.63, 3.8) is 0 Å². The maximum absolute atomic E-state index is 4.30. The molecule has 0 spiro atoms. The molecular formula is C17H25N3. The van der Waals surface area contributed by atoms with Crippen LogP contribution in [0.15, 0.2) is 30.3 Å². The molecule has 0 saturated carbocycles. The summed E-state index contributed by atoms with van der Waals surface area (Å²) in [5, 5.41) is 10.7. The van der Waals surface area contributed by atoms with Gasteiger partial charge in [-0.05, 0) is 29.4 Å². The highest BCUT2D eigenvalue weighted by atomic mass is 15.2. The summed E-state index contributed by atoms with van der Waals surface area (Å²) in [4.78, 5) is 0. The van der Waals surface area contributed by atoms with E-state index in [1.165, 1.54) is 11.1 Å². The summed E-state index contributed by atoms with van der Waals surface area (Å²) < 4.78 is 0. The zero-order valence-electron chi connectivity index (χ0n) is 12.9. The molecule has 2 aromatic rings. The molecule has 2 N–H and O–H groups in total. The second-order valence-corrected chi connectivity index (χ2v) is 6.24. The van der Waals surface area contributed by atoms with Gasteiger partial charge >= 0.3 is 0 Å². The van der Waals surface area contributed by atoms with Gasteiger partial charge in [0.25, 0.3) is 0 Å². The van der Waals surface area contributed by atoms with Crippen LogP contribution in [-0.4, -0.2) is 16.7 Å². The van der Waals surface area contributed by atoms with Crippen molar-refractivity contribution in [2.24, 2.45) is 11.8 Å². The summed E-state index contributed by atoms with van der Waals surface area (Å²) in [5.41, 5.74) is 3.64. The second kappa shape index (κ2) is 6.60. The standard InChI is InChI=1S/C17H25N3/c1-12(2)9-14-5-7-15(8-6-14)16-10-17(20-19-16)18-11-13(3)4/h5-8,10,12-13H,9,11H2,1-4H3,(H2,18,19,20). The zero-order chi connectivity index (χ0) is 14.5. The number of hydrogen-bond donors (Lipinski definition) is 2. The number of benzene rings is 1. The van der Waals surface area contributed by atoms with Gasteiger partial charge in [-0.2, -0.15) is 5.10 Å². The van der Waals surface area contributed by atoms with E-state index in [1.807, 2.05) is 0 Å². The molecule has 0 saturated heterocycles. The van der Waals surface area contributed by atoms with Gasteiger partial charge < -0.3 is 5.32 Å². The first-order valence-electron chi connectivity index (χ1n) is 7.43. The Morgan fingerprint density at radius 3 is 2.35 bits per heavy atom. The molecule has 0 aliphatic rings. The van der Waals surface area contributed by atoms with E-state index in [9.17, 15) is 0 Å². The number of H-pyrrole nitrogens is 1. The molecule has 0 atom stereocenters. The van der Waals surface area contributed by atoms with Crippen LogP contribution in [0.3, 0.4) is 0 Å². The first-order chi connectivity index (χ1) is 9.54. The Bertz CT molecular complexity index is 523. The van der Waals surface area contributed by atoms with Crippen molar-refractivity contribution < 1.29 is 0 Å². The largest absolute Gasteiger partial charge is 0.368 e. The molecule has 0 radical (unpaired) electrons. The number of anilines is 1. The predicted molar refractivity (Wildman–Crippen MR) is 85.9 cm³/mol. The molecule has 1 aromatic carbocycles. The number of nitrogens with one attached hydrogen (secondary N) is 2. The summed E-state index contributed by atoms with van der Waals surface area (Å²) in [7, 11) is 0. The average Bonchev–Trinajstić information content (AvgIpc) is 2.85. The fraction of sp³-hybridized carbons (Fsp3) is 0.471. The van der Waals surface area contributed by atoms with Crippen molar-refractivity contribution in [1.82, 2.24) is 10.2 Å². The van der Waals surface area contributed by atoms with Gasteiger partial charge in [0, 0.05) is 12.6 Å².